The zero-order chi connectivity index (χ0) is 14.1. The lowest BCUT2D eigenvalue weighted by Crippen LogP contribution is -2.52. The molecular formula is C15H27NO4. The van der Waals surface area contributed by atoms with Crippen LogP contribution in [-0.4, -0.2) is 61.9 Å². The number of rotatable bonds is 3. The van der Waals surface area contributed by atoms with Crippen molar-refractivity contribution in [3.8, 4) is 0 Å². The van der Waals surface area contributed by atoms with Gasteiger partial charge in [-0.3, -0.25) is 0 Å². The van der Waals surface area contributed by atoms with E-state index in [4.69, 9.17) is 14.2 Å². The SMILES string of the molecule is CC(O)(CC1COCCN1)C1CCOC2(CCOC2)C1. The summed E-state index contributed by atoms with van der Waals surface area (Å²) in [6, 6.07) is 0.261. The lowest BCUT2D eigenvalue weighted by molar-refractivity contribution is -0.143. The van der Waals surface area contributed by atoms with E-state index >= 15 is 0 Å². The van der Waals surface area contributed by atoms with Crippen molar-refractivity contribution in [2.45, 2.75) is 49.9 Å². The highest BCUT2D eigenvalue weighted by atomic mass is 16.6. The maximum absolute atomic E-state index is 10.9. The normalized spacial score (nSPS) is 41.7. The minimum absolute atomic E-state index is 0.136. The standard InChI is InChI=1S/C15H27NO4/c1-14(17,9-13-10-18-7-4-16-13)12-2-5-20-15(8-12)3-6-19-11-15/h12-13,16-17H,2-11H2,1H3. The molecule has 5 nitrogen and oxygen atoms in total. The zero-order valence-corrected chi connectivity index (χ0v) is 12.4. The molecule has 3 saturated heterocycles. The van der Waals surface area contributed by atoms with Gasteiger partial charge >= 0.3 is 0 Å². The topological polar surface area (TPSA) is 60.0 Å². The Kier molecular flexibility index (Phi) is 4.34. The monoisotopic (exact) mass is 285 g/mol. The van der Waals surface area contributed by atoms with Crippen molar-refractivity contribution in [1.29, 1.82) is 0 Å². The molecule has 20 heavy (non-hydrogen) atoms. The van der Waals surface area contributed by atoms with Gasteiger partial charge in [0.05, 0.1) is 31.0 Å². The van der Waals surface area contributed by atoms with Crippen LogP contribution in [0, 0.1) is 5.92 Å². The molecule has 4 atom stereocenters. The number of morpholine rings is 1. The largest absolute Gasteiger partial charge is 0.390 e. The highest BCUT2D eigenvalue weighted by Gasteiger charge is 2.46. The van der Waals surface area contributed by atoms with Crippen LogP contribution in [0.4, 0.5) is 0 Å². The van der Waals surface area contributed by atoms with E-state index in [1.54, 1.807) is 0 Å². The van der Waals surface area contributed by atoms with Crippen molar-refractivity contribution in [2.75, 3.05) is 39.6 Å². The Balaban J connectivity index is 1.60. The fraction of sp³-hybridized carbons (Fsp3) is 1.00. The minimum Gasteiger partial charge on any atom is -0.390 e. The van der Waals surface area contributed by atoms with E-state index in [9.17, 15) is 5.11 Å². The first-order chi connectivity index (χ1) is 9.60. The lowest BCUT2D eigenvalue weighted by atomic mass is 9.73. The van der Waals surface area contributed by atoms with Gasteiger partial charge in [0.1, 0.15) is 0 Å². The van der Waals surface area contributed by atoms with Crippen LogP contribution in [-0.2, 0) is 14.2 Å². The van der Waals surface area contributed by atoms with Crippen molar-refractivity contribution in [3.05, 3.63) is 0 Å². The Morgan fingerprint density at radius 3 is 2.90 bits per heavy atom. The van der Waals surface area contributed by atoms with Crippen molar-refractivity contribution < 1.29 is 19.3 Å². The van der Waals surface area contributed by atoms with Crippen LogP contribution in [0.2, 0.25) is 0 Å². The average molecular weight is 285 g/mol. The fourth-order valence-electron chi connectivity index (χ4n) is 3.84. The first kappa shape index (κ1) is 14.7. The molecule has 0 aromatic heterocycles. The average Bonchev–Trinajstić information content (AvgIpc) is 2.87. The Bertz CT molecular complexity index is 322. The van der Waals surface area contributed by atoms with E-state index in [0.29, 0.717) is 13.2 Å². The van der Waals surface area contributed by atoms with Crippen molar-refractivity contribution in [2.24, 2.45) is 5.92 Å². The van der Waals surface area contributed by atoms with Crippen LogP contribution in [0.25, 0.3) is 0 Å². The molecule has 0 saturated carbocycles. The molecule has 3 fully saturated rings. The molecule has 0 bridgehead atoms. The number of hydrogen-bond acceptors (Lipinski definition) is 5. The van der Waals surface area contributed by atoms with E-state index in [-0.39, 0.29) is 17.6 Å². The van der Waals surface area contributed by atoms with E-state index in [2.05, 4.69) is 5.32 Å². The van der Waals surface area contributed by atoms with Gasteiger partial charge < -0.3 is 24.6 Å². The van der Waals surface area contributed by atoms with E-state index < -0.39 is 5.60 Å². The second-order valence-corrected chi connectivity index (χ2v) is 6.81. The van der Waals surface area contributed by atoms with Crippen molar-refractivity contribution in [1.82, 2.24) is 5.32 Å². The molecule has 0 aromatic carbocycles. The predicted octanol–water partition coefficient (Wildman–Crippen LogP) is 0.702. The highest BCUT2D eigenvalue weighted by Crippen LogP contribution is 2.41. The van der Waals surface area contributed by atoms with Crippen molar-refractivity contribution in [3.63, 3.8) is 0 Å². The Labute approximate surface area is 121 Å². The summed E-state index contributed by atoms with van der Waals surface area (Å²) in [5.74, 6) is 0.279. The van der Waals surface area contributed by atoms with Gasteiger partial charge in [-0.2, -0.15) is 0 Å². The summed E-state index contributed by atoms with van der Waals surface area (Å²) in [5, 5.41) is 14.4. The Morgan fingerprint density at radius 2 is 2.20 bits per heavy atom. The summed E-state index contributed by atoms with van der Waals surface area (Å²) < 4.78 is 17.0. The van der Waals surface area contributed by atoms with Crippen LogP contribution >= 0.6 is 0 Å². The second-order valence-electron chi connectivity index (χ2n) is 6.81. The van der Waals surface area contributed by atoms with E-state index in [1.807, 2.05) is 6.92 Å². The molecule has 0 amide bonds. The smallest absolute Gasteiger partial charge is 0.0940 e. The van der Waals surface area contributed by atoms with Gasteiger partial charge in [0, 0.05) is 32.2 Å². The number of hydrogen-bond donors (Lipinski definition) is 2. The fourth-order valence-corrected chi connectivity index (χ4v) is 3.84. The van der Waals surface area contributed by atoms with E-state index in [0.717, 1.165) is 52.0 Å². The summed E-state index contributed by atoms with van der Waals surface area (Å²) >= 11 is 0. The number of aliphatic hydroxyl groups is 1. The second kappa shape index (κ2) is 5.89. The molecule has 0 aliphatic carbocycles. The molecule has 0 radical (unpaired) electrons. The van der Waals surface area contributed by atoms with Gasteiger partial charge in [-0.1, -0.05) is 0 Å². The summed E-state index contributed by atoms with van der Waals surface area (Å²) in [4.78, 5) is 0. The van der Waals surface area contributed by atoms with Crippen molar-refractivity contribution >= 4 is 0 Å². The molecule has 1 spiro atoms. The van der Waals surface area contributed by atoms with E-state index in [1.165, 1.54) is 0 Å². The third-order valence-electron chi connectivity index (χ3n) is 5.10. The van der Waals surface area contributed by atoms with Crippen LogP contribution in [0.1, 0.15) is 32.6 Å². The van der Waals surface area contributed by atoms with Gasteiger partial charge in [0.2, 0.25) is 0 Å². The summed E-state index contributed by atoms with van der Waals surface area (Å²) in [6.07, 6.45) is 3.55. The predicted molar refractivity (Wildman–Crippen MR) is 74.7 cm³/mol. The quantitative estimate of drug-likeness (QED) is 0.799. The molecular weight excluding hydrogens is 258 g/mol. The molecule has 4 unspecified atom stereocenters. The molecule has 3 heterocycles. The van der Waals surface area contributed by atoms with Gasteiger partial charge in [-0.05, 0) is 32.1 Å². The third-order valence-corrected chi connectivity index (χ3v) is 5.10. The minimum atomic E-state index is -0.669. The van der Waals surface area contributed by atoms with Gasteiger partial charge in [0.15, 0.2) is 0 Å². The molecule has 2 N–H and O–H groups in total. The summed E-state index contributed by atoms with van der Waals surface area (Å²) in [5.41, 5.74) is -0.804. The maximum Gasteiger partial charge on any atom is 0.0940 e. The first-order valence-corrected chi connectivity index (χ1v) is 7.85. The third kappa shape index (κ3) is 3.17. The molecule has 3 aliphatic rings. The Hall–Kier alpha value is -0.200. The molecule has 5 heteroatoms. The van der Waals surface area contributed by atoms with Crippen LogP contribution in [0.3, 0.4) is 0 Å². The lowest BCUT2D eigenvalue weighted by Gasteiger charge is -2.44. The molecule has 3 rings (SSSR count). The molecule has 3 aliphatic heterocycles. The maximum atomic E-state index is 10.9. The van der Waals surface area contributed by atoms with Gasteiger partial charge in [0.25, 0.3) is 0 Å². The van der Waals surface area contributed by atoms with Crippen LogP contribution in [0.15, 0.2) is 0 Å². The van der Waals surface area contributed by atoms with Gasteiger partial charge in [-0.25, -0.2) is 0 Å². The van der Waals surface area contributed by atoms with Crippen LogP contribution in [0.5, 0.6) is 0 Å². The zero-order valence-electron chi connectivity index (χ0n) is 12.4. The van der Waals surface area contributed by atoms with Gasteiger partial charge in [-0.15, -0.1) is 0 Å². The summed E-state index contributed by atoms with van der Waals surface area (Å²) in [6.45, 7) is 6.54. The Morgan fingerprint density at radius 1 is 1.30 bits per heavy atom. The first-order valence-electron chi connectivity index (χ1n) is 7.85. The number of ether oxygens (including phenoxy) is 3. The highest BCUT2D eigenvalue weighted by molar-refractivity contribution is 4.97. The van der Waals surface area contributed by atoms with Crippen LogP contribution < -0.4 is 5.32 Å². The molecule has 0 aromatic rings. The summed E-state index contributed by atoms with van der Waals surface area (Å²) in [7, 11) is 0. The molecule has 116 valence electrons. The number of nitrogens with one attached hydrogen (secondary N) is 1.